The van der Waals surface area contributed by atoms with Gasteiger partial charge in [-0.15, -0.1) is 0 Å². The minimum absolute atomic E-state index is 0.00357. The highest BCUT2D eigenvalue weighted by Gasteiger charge is 2.28. The smallest absolute Gasteiger partial charge is 0.224 e. The fourth-order valence-corrected chi connectivity index (χ4v) is 4.05. The highest BCUT2D eigenvalue weighted by atomic mass is 35.5. The van der Waals surface area contributed by atoms with Crippen molar-refractivity contribution in [3.05, 3.63) is 94.8 Å². The molecule has 4 rings (SSSR count). The number of benzene rings is 2. The van der Waals surface area contributed by atoms with Gasteiger partial charge in [-0.05, 0) is 49.7 Å². The normalized spacial score (nSPS) is 16.1. The van der Waals surface area contributed by atoms with Crippen LogP contribution in [0.25, 0.3) is 0 Å². The Morgan fingerprint density at radius 2 is 1.87 bits per heavy atom. The average Bonchev–Trinajstić information content (AvgIpc) is 2.81. The van der Waals surface area contributed by atoms with E-state index in [-0.39, 0.29) is 17.6 Å². The van der Waals surface area contributed by atoms with Gasteiger partial charge in [-0.3, -0.25) is 19.7 Å². The molecule has 7 heteroatoms. The lowest BCUT2D eigenvalue weighted by atomic mass is 9.94. The monoisotopic (exact) mass is 438 g/mol. The molecule has 0 bridgehead atoms. The van der Waals surface area contributed by atoms with Gasteiger partial charge in [0, 0.05) is 35.4 Å². The molecular formula is C24H24ClFN4O. The number of nitrogens with zero attached hydrogens (tertiary/aromatic N) is 3. The molecule has 1 amide bonds. The molecule has 1 saturated heterocycles. The zero-order valence-corrected chi connectivity index (χ0v) is 17.8. The number of aromatic nitrogens is 2. The van der Waals surface area contributed by atoms with Crippen LogP contribution in [0, 0.1) is 11.7 Å². The van der Waals surface area contributed by atoms with Gasteiger partial charge in [0.1, 0.15) is 5.82 Å². The van der Waals surface area contributed by atoms with E-state index in [1.54, 1.807) is 36.8 Å². The van der Waals surface area contributed by atoms with E-state index in [9.17, 15) is 9.18 Å². The molecule has 0 saturated carbocycles. The number of rotatable bonds is 6. The van der Waals surface area contributed by atoms with Gasteiger partial charge >= 0.3 is 0 Å². The number of amides is 1. The third-order valence-corrected chi connectivity index (χ3v) is 5.93. The molecule has 1 aliphatic rings. The molecular weight excluding hydrogens is 415 g/mol. The van der Waals surface area contributed by atoms with Crippen molar-refractivity contribution in [3.8, 4) is 0 Å². The van der Waals surface area contributed by atoms with Gasteiger partial charge in [-0.2, -0.15) is 0 Å². The quantitative estimate of drug-likeness (QED) is 0.620. The number of halogens is 2. The van der Waals surface area contributed by atoms with Crippen LogP contribution in [0.15, 0.2) is 67.1 Å². The topological polar surface area (TPSA) is 58.1 Å². The molecule has 5 nitrogen and oxygen atoms in total. The van der Waals surface area contributed by atoms with E-state index in [0.29, 0.717) is 22.8 Å². The Hall–Kier alpha value is -2.83. The average molecular weight is 439 g/mol. The zero-order valence-electron chi connectivity index (χ0n) is 17.0. The van der Waals surface area contributed by atoms with Crippen molar-refractivity contribution in [2.24, 2.45) is 5.92 Å². The Balaban J connectivity index is 1.40. The molecule has 1 aliphatic heterocycles. The van der Waals surface area contributed by atoms with Crippen LogP contribution in [-0.2, 0) is 11.3 Å². The van der Waals surface area contributed by atoms with Crippen LogP contribution >= 0.6 is 11.6 Å². The summed E-state index contributed by atoms with van der Waals surface area (Å²) in [6.07, 6.45) is 6.35. The molecule has 1 unspecified atom stereocenters. The first-order valence-electron chi connectivity index (χ1n) is 10.4. The standard InChI is InChI=1S/C24H24ClFN4O/c25-20-7-5-17(6-8-20)23(22-15-27-11-12-28-22)29-24(31)18-9-13-30(14-10-18)16-19-3-1-2-4-21(19)26/h1-8,11-12,15,18,23H,9-10,13-14,16H2,(H,29,31). The zero-order chi connectivity index (χ0) is 21.6. The van der Waals surface area contributed by atoms with Crippen molar-refractivity contribution in [3.63, 3.8) is 0 Å². The van der Waals surface area contributed by atoms with Crippen molar-refractivity contribution in [2.75, 3.05) is 13.1 Å². The number of hydrogen-bond donors (Lipinski definition) is 1. The number of carbonyl (C=O) groups is 1. The van der Waals surface area contributed by atoms with Crippen LogP contribution in [0.2, 0.25) is 5.02 Å². The summed E-state index contributed by atoms with van der Waals surface area (Å²) in [4.78, 5) is 23.8. The Labute approximate surface area is 186 Å². The molecule has 1 atom stereocenters. The van der Waals surface area contributed by atoms with E-state index in [4.69, 9.17) is 11.6 Å². The van der Waals surface area contributed by atoms with Crippen LogP contribution in [0.3, 0.4) is 0 Å². The molecule has 0 aliphatic carbocycles. The molecule has 0 spiro atoms. The maximum atomic E-state index is 13.9. The summed E-state index contributed by atoms with van der Waals surface area (Å²) in [7, 11) is 0. The maximum Gasteiger partial charge on any atom is 0.224 e. The molecule has 31 heavy (non-hydrogen) atoms. The Bertz CT molecular complexity index is 1010. The van der Waals surface area contributed by atoms with Crippen molar-refractivity contribution >= 4 is 17.5 Å². The van der Waals surface area contributed by atoms with E-state index < -0.39 is 6.04 Å². The largest absolute Gasteiger partial charge is 0.343 e. The Kier molecular flexibility index (Phi) is 6.89. The molecule has 0 radical (unpaired) electrons. The number of likely N-dealkylation sites (tertiary alicyclic amines) is 1. The minimum atomic E-state index is -0.394. The van der Waals surface area contributed by atoms with Gasteiger partial charge in [0.2, 0.25) is 5.91 Å². The number of piperidine rings is 1. The molecule has 1 fully saturated rings. The fourth-order valence-electron chi connectivity index (χ4n) is 3.92. The summed E-state index contributed by atoms with van der Waals surface area (Å²) in [6, 6.07) is 13.8. The third kappa shape index (κ3) is 5.46. The number of nitrogens with one attached hydrogen (secondary N) is 1. The second-order valence-corrected chi connectivity index (χ2v) is 8.20. The van der Waals surface area contributed by atoms with E-state index in [1.807, 2.05) is 24.3 Å². The van der Waals surface area contributed by atoms with Gasteiger partial charge in [0.15, 0.2) is 0 Å². The molecule has 2 aromatic carbocycles. The number of hydrogen-bond acceptors (Lipinski definition) is 4. The highest BCUT2D eigenvalue weighted by molar-refractivity contribution is 6.30. The van der Waals surface area contributed by atoms with Crippen LogP contribution < -0.4 is 5.32 Å². The van der Waals surface area contributed by atoms with Gasteiger partial charge < -0.3 is 5.32 Å². The maximum absolute atomic E-state index is 13.9. The van der Waals surface area contributed by atoms with Crippen LogP contribution in [0.1, 0.15) is 35.7 Å². The minimum Gasteiger partial charge on any atom is -0.343 e. The lowest BCUT2D eigenvalue weighted by molar-refractivity contribution is -0.127. The summed E-state index contributed by atoms with van der Waals surface area (Å²) in [5.74, 6) is -0.281. The van der Waals surface area contributed by atoms with E-state index in [0.717, 1.165) is 31.5 Å². The summed E-state index contributed by atoms with van der Waals surface area (Å²) < 4.78 is 13.9. The number of carbonyl (C=O) groups excluding carboxylic acids is 1. The summed E-state index contributed by atoms with van der Waals surface area (Å²) in [6.45, 7) is 2.07. The highest BCUT2D eigenvalue weighted by Crippen LogP contribution is 2.25. The van der Waals surface area contributed by atoms with Crippen molar-refractivity contribution in [1.82, 2.24) is 20.2 Å². The first kappa shape index (κ1) is 21.4. The predicted octanol–water partition coefficient (Wildman–Crippen LogP) is 4.39. The van der Waals surface area contributed by atoms with Crippen LogP contribution in [0.5, 0.6) is 0 Å². The molecule has 1 N–H and O–H groups in total. The Morgan fingerprint density at radius 1 is 1.13 bits per heavy atom. The summed E-state index contributed by atoms with van der Waals surface area (Å²) in [5.41, 5.74) is 2.27. The molecule has 160 valence electrons. The molecule has 2 heterocycles. The summed E-state index contributed by atoms with van der Waals surface area (Å²) >= 11 is 6.03. The van der Waals surface area contributed by atoms with Gasteiger partial charge in [0.05, 0.1) is 17.9 Å². The van der Waals surface area contributed by atoms with Crippen molar-refractivity contribution in [2.45, 2.75) is 25.4 Å². The van der Waals surface area contributed by atoms with Gasteiger partial charge in [-0.1, -0.05) is 41.9 Å². The second kappa shape index (κ2) is 9.98. The van der Waals surface area contributed by atoms with E-state index >= 15 is 0 Å². The van der Waals surface area contributed by atoms with E-state index in [1.165, 1.54) is 6.07 Å². The third-order valence-electron chi connectivity index (χ3n) is 5.68. The van der Waals surface area contributed by atoms with Gasteiger partial charge in [0.25, 0.3) is 0 Å². The van der Waals surface area contributed by atoms with Crippen LogP contribution in [-0.4, -0.2) is 33.9 Å². The van der Waals surface area contributed by atoms with Gasteiger partial charge in [-0.25, -0.2) is 4.39 Å². The SMILES string of the molecule is O=C(NC(c1ccc(Cl)cc1)c1cnccn1)C1CCN(Cc2ccccc2F)CC1. The second-order valence-electron chi connectivity index (χ2n) is 7.77. The summed E-state index contributed by atoms with van der Waals surface area (Å²) in [5, 5.41) is 3.78. The lowest BCUT2D eigenvalue weighted by Crippen LogP contribution is -2.41. The van der Waals surface area contributed by atoms with Crippen LogP contribution in [0.4, 0.5) is 4.39 Å². The van der Waals surface area contributed by atoms with E-state index in [2.05, 4.69) is 20.2 Å². The van der Waals surface area contributed by atoms with Crippen molar-refractivity contribution < 1.29 is 9.18 Å². The first-order chi connectivity index (χ1) is 15.1. The first-order valence-corrected chi connectivity index (χ1v) is 10.8. The van der Waals surface area contributed by atoms with Crippen molar-refractivity contribution in [1.29, 1.82) is 0 Å². The lowest BCUT2D eigenvalue weighted by Gasteiger charge is -2.32. The Morgan fingerprint density at radius 3 is 2.55 bits per heavy atom. The molecule has 1 aromatic heterocycles. The predicted molar refractivity (Wildman–Crippen MR) is 118 cm³/mol. The fraction of sp³-hybridized carbons (Fsp3) is 0.292. The molecule has 3 aromatic rings.